The molecule has 0 radical (unpaired) electrons. The number of carbonyl (C=O) groups is 3. The second kappa shape index (κ2) is 10.9. The molecular formula is C20H19Cl2F2N3O3. The van der Waals surface area contributed by atoms with Crippen LogP contribution in [0.1, 0.15) is 23.7 Å². The van der Waals surface area contributed by atoms with Crippen LogP contribution in [0.15, 0.2) is 36.4 Å². The van der Waals surface area contributed by atoms with Gasteiger partial charge in [-0.2, -0.15) is 0 Å². The second-order valence-corrected chi connectivity index (χ2v) is 7.00. The van der Waals surface area contributed by atoms with Gasteiger partial charge in [-0.25, -0.2) is 8.78 Å². The minimum atomic E-state index is -0.996. The fourth-order valence-electron chi connectivity index (χ4n) is 2.56. The van der Waals surface area contributed by atoms with Crippen molar-refractivity contribution in [2.24, 2.45) is 0 Å². The quantitative estimate of drug-likeness (QED) is 0.631. The van der Waals surface area contributed by atoms with Gasteiger partial charge in [0.15, 0.2) is 0 Å². The first-order valence-electron chi connectivity index (χ1n) is 8.97. The number of halogens is 4. The molecule has 0 aliphatic heterocycles. The van der Waals surface area contributed by atoms with Gasteiger partial charge in [0.25, 0.3) is 5.91 Å². The number of rotatable bonds is 8. The Labute approximate surface area is 182 Å². The topological polar surface area (TPSA) is 78.5 Å². The molecule has 6 nitrogen and oxygen atoms in total. The molecule has 30 heavy (non-hydrogen) atoms. The van der Waals surface area contributed by atoms with Gasteiger partial charge in [-0.1, -0.05) is 29.3 Å². The third kappa shape index (κ3) is 6.40. The first-order chi connectivity index (χ1) is 14.2. The number of amides is 3. The summed E-state index contributed by atoms with van der Waals surface area (Å²) in [6, 6.07) is 7.35. The van der Waals surface area contributed by atoms with Gasteiger partial charge in [0.2, 0.25) is 11.8 Å². The van der Waals surface area contributed by atoms with Crippen LogP contribution in [-0.4, -0.2) is 42.3 Å². The molecule has 0 aliphatic rings. The van der Waals surface area contributed by atoms with Crippen molar-refractivity contribution >= 4 is 46.6 Å². The smallest absolute Gasteiger partial charge is 0.254 e. The Morgan fingerprint density at radius 3 is 2.33 bits per heavy atom. The van der Waals surface area contributed by atoms with Crippen LogP contribution in [0.4, 0.5) is 14.5 Å². The maximum atomic E-state index is 13.6. The number of anilines is 1. The highest BCUT2D eigenvalue weighted by atomic mass is 35.5. The summed E-state index contributed by atoms with van der Waals surface area (Å²) < 4.78 is 26.5. The van der Waals surface area contributed by atoms with Crippen LogP contribution in [0, 0.1) is 11.6 Å². The van der Waals surface area contributed by atoms with E-state index in [0.717, 1.165) is 12.1 Å². The molecule has 0 aliphatic carbocycles. The molecule has 0 aromatic heterocycles. The van der Waals surface area contributed by atoms with Gasteiger partial charge in [-0.15, -0.1) is 0 Å². The SMILES string of the molecule is CCN(CC(=O)Nc1c(Cl)cccc1Cl)C(=O)CCNC(=O)c1ccc(F)cc1F. The van der Waals surface area contributed by atoms with Gasteiger partial charge in [0.05, 0.1) is 27.8 Å². The Hall–Kier alpha value is -2.71. The summed E-state index contributed by atoms with van der Waals surface area (Å²) in [4.78, 5) is 37.8. The van der Waals surface area contributed by atoms with Crippen molar-refractivity contribution in [2.45, 2.75) is 13.3 Å². The van der Waals surface area contributed by atoms with Crippen LogP contribution >= 0.6 is 23.2 Å². The predicted octanol–water partition coefficient (Wildman–Crippen LogP) is 3.88. The largest absolute Gasteiger partial charge is 0.351 e. The summed E-state index contributed by atoms with van der Waals surface area (Å²) >= 11 is 12.0. The molecule has 0 heterocycles. The van der Waals surface area contributed by atoms with Gasteiger partial charge >= 0.3 is 0 Å². The van der Waals surface area contributed by atoms with Crippen LogP contribution in [0.25, 0.3) is 0 Å². The van der Waals surface area contributed by atoms with E-state index in [-0.39, 0.29) is 47.4 Å². The van der Waals surface area contributed by atoms with Crippen molar-refractivity contribution in [3.05, 3.63) is 63.6 Å². The monoisotopic (exact) mass is 457 g/mol. The Balaban J connectivity index is 1.87. The number of benzene rings is 2. The molecule has 0 saturated heterocycles. The zero-order valence-electron chi connectivity index (χ0n) is 16.0. The van der Waals surface area contributed by atoms with E-state index >= 15 is 0 Å². The minimum Gasteiger partial charge on any atom is -0.351 e. The summed E-state index contributed by atoms with van der Waals surface area (Å²) in [5.41, 5.74) is -0.0740. The highest BCUT2D eigenvalue weighted by Crippen LogP contribution is 2.29. The fraction of sp³-hybridized carbons (Fsp3) is 0.250. The Kier molecular flexibility index (Phi) is 8.56. The van der Waals surface area contributed by atoms with Gasteiger partial charge in [0, 0.05) is 25.6 Å². The maximum Gasteiger partial charge on any atom is 0.254 e. The summed E-state index contributed by atoms with van der Waals surface area (Å²) in [6.45, 7) is 1.63. The van der Waals surface area contributed by atoms with Crippen LogP contribution < -0.4 is 10.6 Å². The summed E-state index contributed by atoms with van der Waals surface area (Å²) in [5, 5.41) is 5.49. The molecule has 0 spiro atoms. The van der Waals surface area contributed by atoms with Crippen molar-refractivity contribution in [1.29, 1.82) is 0 Å². The molecular weight excluding hydrogens is 439 g/mol. The molecule has 2 aromatic rings. The minimum absolute atomic E-state index is 0.0804. The van der Waals surface area contributed by atoms with Crippen LogP contribution in [0.3, 0.4) is 0 Å². The molecule has 10 heteroatoms. The average Bonchev–Trinajstić information content (AvgIpc) is 2.68. The Bertz CT molecular complexity index is 937. The highest BCUT2D eigenvalue weighted by Gasteiger charge is 2.18. The van der Waals surface area contributed by atoms with E-state index < -0.39 is 29.4 Å². The van der Waals surface area contributed by atoms with Crippen LogP contribution in [-0.2, 0) is 9.59 Å². The number of likely N-dealkylation sites (N-methyl/N-ethyl adjacent to an activating group) is 1. The first kappa shape index (κ1) is 23.6. The van der Waals surface area contributed by atoms with Gasteiger partial charge in [0.1, 0.15) is 11.6 Å². The number of nitrogens with zero attached hydrogens (tertiary/aromatic N) is 1. The average molecular weight is 458 g/mol. The van der Waals surface area contributed by atoms with Crippen molar-refractivity contribution < 1.29 is 23.2 Å². The Morgan fingerprint density at radius 2 is 1.73 bits per heavy atom. The molecule has 0 saturated carbocycles. The third-order valence-corrected chi connectivity index (χ3v) is 4.73. The van der Waals surface area contributed by atoms with Gasteiger partial charge in [-0.05, 0) is 31.2 Å². The summed E-state index contributed by atoms with van der Waals surface area (Å²) in [5.74, 6) is -3.44. The fourth-order valence-corrected chi connectivity index (χ4v) is 3.05. The molecule has 0 unspecified atom stereocenters. The first-order valence-corrected chi connectivity index (χ1v) is 9.73. The van der Waals surface area contributed by atoms with Gasteiger partial charge < -0.3 is 15.5 Å². The number of carbonyl (C=O) groups excluding carboxylic acids is 3. The molecule has 0 fully saturated rings. The summed E-state index contributed by atoms with van der Waals surface area (Å²) in [7, 11) is 0. The van der Waals surface area contributed by atoms with E-state index in [4.69, 9.17) is 23.2 Å². The zero-order chi connectivity index (χ0) is 22.3. The van der Waals surface area contributed by atoms with E-state index in [1.807, 2.05) is 0 Å². The lowest BCUT2D eigenvalue weighted by Gasteiger charge is -2.21. The van der Waals surface area contributed by atoms with Crippen molar-refractivity contribution in [2.75, 3.05) is 25.0 Å². The predicted molar refractivity (Wildman–Crippen MR) is 111 cm³/mol. The number of nitrogens with one attached hydrogen (secondary N) is 2. The van der Waals surface area contributed by atoms with Gasteiger partial charge in [-0.3, -0.25) is 14.4 Å². The molecule has 160 valence electrons. The van der Waals surface area contributed by atoms with Crippen molar-refractivity contribution in [3.63, 3.8) is 0 Å². The normalized spacial score (nSPS) is 10.4. The summed E-state index contributed by atoms with van der Waals surface area (Å²) in [6.07, 6.45) is -0.109. The van der Waals surface area contributed by atoms with E-state index in [1.54, 1.807) is 25.1 Å². The lowest BCUT2D eigenvalue weighted by molar-refractivity contribution is -0.134. The highest BCUT2D eigenvalue weighted by molar-refractivity contribution is 6.39. The lowest BCUT2D eigenvalue weighted by Crippen LogP contribution is -2.39. The van der Waals surface area contributed by atoms with E-state index in [0.29, 0.717) is 6.07 Å². The number of para-hydroxylation sites is 1. The van der Waals surface area contributed by atoms with E-state index in [1.165, 1.54) is 4.90 Å². The Morgan fingerprint density at radius 1 is 1.07 bits per heavy atom. The third-order valence-electron chi connectivity index (χ3n) is 4.10. The van der Waals surface area contributed by atoms with E-state index in [9.17, 15) is 23.2 Å². The van der Waals surface area contributed by atoms with Crippen LogP contribution in [0.5, 0.6) is 0 Å². The second-order valence-electron chi connectivity index (χ2n) is 6.18. The molecule has 0 bridgehead atoms. The molecule has 3 amide bonds. The standard InChI is InChI=1S/C20H19Cl2F2N3O3/c1-2-27(11-17(28)26-19-14(21)4-3-5-15(19)22)18(29)8-9-25-20(30)13-7-6-12(23)10-16(13)24/h3-7,10H,2,8-9,11H2,1H3,(H,25,30)(H,26,28). The number of hydrogen-bond acceptors (Lipinski definition) is 3. The van der Waals surface area contributed by atoms with Crippen LogP contribution in [0.2, 0.25) is 10.0 Å². The number of hydrogen-bond donors (Lipinski definition) is 2. The molecule has 2 aromatic carbocycles. The maximum absolute atomic E-state index is 13.6. The van der Waals surface area contributed by atoms with Crippen molar-refractivity contribution in [3.8, 4) is 0 Å². The zero-order valence-corrected chi connectivity index (χ0v) is 17.5. The molecule has 2 N–H and O–H groups in total. The lowest BCUT2D eigenvalue weighted by atomic mass is 10.2. The van der Waals surface area contributed by atoms with Crippen molar-refractivity contribution in [1.82, 2.24) is 10.2 Å². The van der Waals surface area contributed by atoms with E-state index in [2.05, 4.69) is 10.6 Å². The molecule has 0 atom stereocenters. The molecule has 2 rings (SSSR count).